The number of aliphatic hydroxyl groups is 1. The second-order valence-corrected chi connectivity index (χ2v) is 2.35. The van der Waals surface area contributed by atoms with E-state index in [1.54, 1.807) is 12.2 Å². The summed E-state index contributed by atoms with van der Waals surface area (Å²) in [5.74, 6) is 0.337. The first-order valence-corrected chi connectivity index (χ1v) is 5.93. The van der Waals surface area contributed by atoms with Crippen LogP contribution in [0.5, 0.6) is 0 Å². The van der Waals surface area contributed by atoms with Gasteiger partial charge in [-0.15, -0.1) is 0 Å². The molecule has 0 saturated carbocycles. The molecule has 0 aliphatic heterocycles. The molecule has 15 heavy (non-hydrogen) atoms. The molecule has 0 radical (unpaired) electrons. The molecule has 0 aliphatic rings. The lowest BCUT2D eigenvalue weighted by molar-refractivity contribution is 0.418. The van der Waals surface area contributed by atoms with Crippen LogP contribution in [-0.2, 0) is 0 Å². The van der Waals surface area contributed by atoms with Gasteiger partial charge in [0.1, 0.15) is 5.76 Å². The van der Waals surface area contributed by atoms with E-state index < -0.39 is 0 Å². The third-order valence-electron chi connectivity index (χ3n) is 1.47. The highest BCUT2D eigenvalue weighted by Crippen LogP contribution is 2.12. The zero-order valence-electron chi connectivity index (χ0n) is 11.3. The van der Waals surface area contributed by atoms with Gasteiger partial charge < -0.3 is 5.11 Å². The molecule has 0 saturated heterocycles. The molecule has 90 valence electrons. The first-order valence-electron chi connectivity index (χ1n) is 5.93. The van der Waals surface area contributed by atoms with Crippen LogP contribution in [0.25, 0.3) is 0 Å². The summed E-state index contributed by atoms with van der Waals surface area (Å²) in [6.45, 7) is 15.5. The Morgan fingerprint density at radius 3 is 1.93 bits per heavy atom. The Hall–Kier alpha value is -0.980. The largest absolute Gasteiger partial charge is 0.508 e. The predicted molar refractivity (Wildman–Crippen MR) is 72.3 cm³/mol. The van der Waals surface area contributed by atoms with E-state index in [1.807, 2.05) is 40.7 Å². The fraction of sp³-hybridized carbons (Fsp3) is 0.571. The Bertz CT molecular complexity index is 176. The van der Waals surface area contributed by atoms with Crippen molar-refractivity contribution in [1.29, 1.82) is 0 Å². The van der Waals surface area contributed by atoms with E-state index in [-0.39, 0.29) is 0 Å². The molecule has 1 N–H and O–H groups in total. The number of hydrogen-bond acceptors (Lipinski definition) is 1. The maximum absolute atomic E-state index is 9.36. The molecular weight excluding hydrogens is 184 g/mol. The lowest BCUT2D eigenvalue weighted by Crippen LogP contribution is -1.87. The van der Waals surface area contributed by atoms with Crippen LogP contribution in [0.4, 0.5) is 0 Å². The van der Waals surface area contributed by atoms with Crippen LogP contribution in [-0.4, -0.2) is 5.11 Å². The summed E-state index contributed by atoms with van der Waals surface area (Å²) in [5, 5.41) is 9.36. The van der Waals surface area contributed by atoms with Crippen molar-refractivity contribution < 1.29 is 5.11 Å². The van der Waals surface area contributed by atoms with Crippen molar-refractivity contribution >= 4 is 0 Å². The summed E-state index contributed by atoms with van der Waals surface area (Å²) in [7, 11) is 0. The first-order chi connectivity index (χ1) is 7.26. The Morgan fingerprint density at radius 2 is 1.67 bits per heavy atom. The van der Waals surface area contributed by atoms with Crippen molar-refractivity contribution in [2.24, 2.45) is 0 Å². The highest BCUT2D eigenvalue weighted by molar-refractivity contribution is 5.26. The van der Waals surface area contributed by atoms with E-state index in [1.165, 1.54) is 0 Å². The number of hydrogen-bond donors (Lipinski definition) is 1. The van der Waals surface area contributed by atoms with Gasteiger partial charge >= 0.3 is 0 Å². The SMILES string of the molecule is C=C/C=C(O)\C(=C/C)CCC.CC.CC. The quantitative estimate of drug-likeness (QED) is 0.488. The van der Waals surface area contributed by atoms with Crippen LogP contribution in [0.3, 0.4) is 0 Å². The molecular formula is C14H28O. The molecule has 0 spiro atoms. The van der Waals surface area contributed by atoms with E-state index in [9.17, 15) is 5.11 Å². The van der Waals surface area contributed by atoms with Crippen molar-refractivity contribution in [2.75, 3.05) is 0 Å². The molecule has 0 atom stereocenters. The average Bonchev–Trinajstić information content (AvgIpc) is 2.31. The molecule has 0 amide bonds. The second-order valence-electron chi connectivity index (χ2n) is 2.35. The lowest BCUT2D eigenvalue weighted by atomic mass is 10.1. The molecule has 1 heteroatoms. The van der Waals surface area contributed by atoms with Gasteiger partial charge in [0.05, 0.1) is 0 Å². The van der Waals surface area contributed by atoms with Gasteiger partial charge in [0, 0.05) is 0 Å². The molecule has 0 unspecified atom stereocenters. The maximum atomic E-state index is 9.36. The molecule has 0 aromatic heterocycles. The topological polar surface area (TPSA) is 20.2 Å². The Labute approximate surface area is 96.2 Å². The number of aliphatic hydroxyl groups excluding tert-OH is 1. The van der Waals surface area contributed by atoms with Crippen molar-refractivity contribution in [1.82, 2.24) is 0 Å². The normalized spacial score (nSPS) is 10.5. The summed E-state index contributed by atoms with van der Waals surface area (Å²) >= 11 is 0. The van der Waals surface area contributed by atoms with Crippen LogP contribution < -0.4 is 0 Å². The van der Waals surface area contributed by atoms with Crippen molar-refractivity contribution in [3.8, 4) is 0 Å². The molecule has 0 aliphatic carbocycles. The van der Waals surface area contributed by atoms with E-state index in [4.69, 9.17) is 0 Å². The van der Waals surface area contributed by atoms with Gasteiger partial charge in [-0.25, -0.2) is 0 Å². The number of rotatable bonds is 4. The molecule has 0 aromatic carbocycles. The summed E-state index contributed by atoms with van der Waals surface area (Å²) in [5.41, 5.74) is 0.993. The Kier molecular flexibility index (Phi) is 24.4. The smallest absolute Gasteiger partial charge is 0.118 e. The zero-order chi connectivity index (χ0) is 12.7. The lowest BCUT2D eigenvalue weighted by Gasteiger charge is -2.02. The predicted octanol–water partition coefficient (Wildman–Crippen LogP) is 5.41. The number of allylic oxidation sites excluding steroid dienone is 4. The monoisotopic (exact) mass is 212 g/mol. The minimum atomic E-state index is 0.337. The molecule has 0 aromatic rings. The van der Waals surface area contributed by atoms with E-state index in [0.717, 1.165) is 18.4 Å². The van der Waals surface area contributed by atoms with Gasteiger partial charge in [0.15, 0.2) is 0 Å². The third-order valence-corrected chi connectivity index (χ3v) is 1.47. The minimum Gasteiger partial charge on any atom is -0.508 e. The van der Waals surface area contributed by atoms with Crippen LogP contribution in [0, 0.1) is 0 Å². The third kappa shape index (κ3) is 13.0. The van der Waals surface area contributed by atoms with Gasteiger partial charge in [0.2, 0.25) is 0 Å². The molecule has 0 heterocycles. The molecule has 0 fully saturated rings. The summed E-state index contributed by atoms with van der Waals surface area (Å²) in [6, 6.07) is 0. The van der Waals surface area contributed by atoms with Crippen molar-refractivity contribution in [3.63, 3.8) is 0 Å². The Balaban J connectivity index is -0.000000318. The van der Waals surface area contributed by atoms with Gasteiger partial charge in [-0.1, -0.05) is 59.8 Å². The summed E-state index contributed by atoms with van der Waals surface area (Å²) in [6.07, 6.45) is 7.11. The van der Waals surface area contributed by atoms with Crippen molar-refractivity contribution in [3.05, 3.63) is 36.1 Å². The standard InChI is InChI=1S/C10H16O.2C2H6/c1-4-7-9(6-3)10(11)8-5-2;2*1-2/h5-6,8,11H,2,4,7H2,1,3H3;2*1-2H3/b9-6-,10-8+;;. The molecule has 1 nitrogen and oxygen atoms in total. The van der Waals surface area contributed by atoms with Gasteiger partial charge in [-0.2, -0.15) is 0 Å². The van der Waals surface area contributed by atoms with Crippen LogP contribution in [0.2, 0.25) is 0 Å². The van der Waals surface area contributed by atoms with Gasteiger partial charge in [-0.3, -0.25) is 0 Å². The molecule has 0 rings (SSSR count). The summed E-state index contributed by atoms with van der Waals surface area (Å²) < 4.78 is 0. The van der Waals surface area contributed by atoms with E-state index in [2.05, 4.69) is 13.5 Å². The highest BCUT2D eigenvalue weighted by atomic mass is 16.3. The fourth-order valence-electron chi connectivity index (χ4n) is 0.908. The van der Waals surface area contributed by atoms with Gasteiger partial charge in [-0.05, 0) is 25.0 Å². The van der Waals surface area contributed by atoms with Crippen LogP contribution in [0.1, 0.15) is 54.4 Å². The van der Waals surface area contributed by atoms with E-state index >= 15 is 0 Å². The van der Waals surface area contributed by atoms with Crippen molar-refractivity contribution in [2.45, 2.75) is 54.4 Å². The Morgan fingerprint density at radius 1 is 1.20 bits per heavy atom. The highest BCUT2D eigenvalue weighted by Gasteiger charge is 1.97. The second kappa shape index (κ2) is 18.7. The minimum absolute atomic E-state index is 0.337. The first kappa shape index (κ1) is 19.6. The van der Waals surface area contributed by atoms with Crippen LogP contribution >= 0.6 is 0 Å². The fourth-order valence-corrected chi connectivity index (χ4v) is 0.908. The van der Waals surface area contributed by atoms with E-state index in [0.29, 0.717) is 5.76 Å². The average molecular weight is 212 g/mol. The maximum Gasteiger partial charge on any atom is 0.118 e. The summed E-state index contributed by atoms with van der Waals surface area (Å²) in [4.78, 5) is 0. The zero-order valence-corrected chi connectivity index (χ0v) is 11.3. The van der Waals surface area contributed by atoms with Gasteiger partial charge in [0.25, 0.3) is 0 Å². The molecule has 0 bridgehead atoms. The van der Waals surface area contributed by atoms with Crippen LogP contribution in [0.15, 0.2) is 36.1 Å².